The fourth-order valence-electron chi connectivity index (χ4n) is 5.35. The molecule has 6 rings (SSSR count). The highest BCUT2D eigenvalue weighted by molar-refractivity contribution is 8.05. The van der Waals surface area contributed by atoms with Crippen LogP contribution in [0.4, 0.5) is 15.8 Å². The van der Waals surface area contributed by atoms with Crippen LogP contribution in [-0.2, 0) is 4.74 Å². The molecule has 2 aliphatic rings. The molecule has 0 bridgehead atoms. The number of alkyl halides is 1. The Bertz CT molecular complexity index is 1620. The van der Waals surface area contributed by atoms with Gasteiger partial charge in [-0.3, -0.25) is 14.8 Å². The lowest BCUT2D eigenvalue weighted by Gasteiger charge is -2.36. The summed E-state index contributed by atoms with van der Waals surface area (Å²) in [6.45, 7) is 4.75. The van der Waals surface area contributed by atoms with Crippen molar-refractivity contribution >= 4 is 34.9 Å². The monoisotopic (exact) mass is 618 g/mol. The highest BCUT2D eigenvalue weighted by Gasteiger charge is 2.28. The summed E-state index contributed by atoms with van der Waals surface area (Å²) in [5.74, 6) is 0. The Morgan fingerprint density at radius 2 is 2.02 bits per heavy atom. The van der Waals surface area contributed by atoms with Gasteiger partial charge >= 0.3 is 0 Å². The molecule has 2 atom stereocenters. The molecule has 2 unspecified atom stereocenters. The predicted octanol–water partition coefficient (Wildman–Crippen LogP) is 6.11. The quantitative estimate of drug-likeness (QED) is 0.193. The average Bonchev–Trinajstić information content (AvgIpc) is 3.02. The molecule has 8 nitrogen and oxygen atoms in total. The Hall–Kier alpha value is -3.38. The highest BCUT2D eigenvalue weighted by atomic mass is 32.2. The summed E-state index contributed by atoms with van der Waals surface area (Å²) in [6, 6.07) is 16.5. The number of hydrogen-bond donors (Lipinski definition) is 2. The van der Waals surface area contributed by atoms with Crippen LogP contribution < -0.4 is 15.8 Å². The minimum atomic E-state index is -0.360. The first-order chi connectivity index (χ1) is 21.0. The van der Waals surface area contributed by atoms with Crippen LogP contribution in [0.3, 0.4) is 0 Å². The molecule has 0 aliphatic carbocycles. The van der Waals surface area contributed by atoms with Crippen LogP contribution in [0.25, 0.3) is 0 Å². The molecule has 2 aromatic carbocycles. The van der Waals surface area contributed by atoms with E-state index in [9.17, 15) is 9.18 Å². The number of fused-ring (bicyclic) bond motifs is 2. The number of pyridine rings is 1. The van der Waals surface area contributed by atoms with Crippen LogP contribution in [-0.4, -0.2) is 66.4 Å². The third kappa shape index (κ3) is 7.06. The Kier molecular flexibility index (Phi) is 9.32. The first-order valence-corrected chi connectivity index (χ1v) is 16.1. The molecule has 2 aromatic heterocycles. The summed E-state index contributed by atoms with van der Waals surface area (Å²) >= 11 is 3.55. The fraction of sp³-hybridized carbons (Fsp3) is 0.344. The number of ether oxygens (including phenoxy) is 1. The molecular formula is C32H35FN6O2S2. The van der Waals surface area contributed by atoms with Gasteiger partial charge in [-0.1, -0.05) is 35.7 Å². The number of benzene rings is 2. The largest absolute Gasteiger partial charge is 0.377 e. The second-order valence-electron chi connectivity index (χ2n) is 10.8. The number of aryl methyl sites for hydroxylation is 1. The van der Waals surface area contributed by atoms with Gasteiger partial charge in [-0.15, -0.1) is 0 Å². The van der Waals surface area contributed by atoms with E-state index < -0.39 is 0 Å². The van der Waals surface area contributed by atoms with Crippen molar-refractivity contribution in [2.75, 3.05) is 56.7 Å². The second-order valence-corrected chi connectivity index (χ2v) is 13.0. The van der Waals surface area contributed by atoms with Crippen LogP contribution >= 0.6 is 23.5 Å². The van der Waals surface area contributed by atoms with E-state index in [0.29, 0.717) is 19.7 Å². The minimum absolute atomic E-state index is 0.0556. The van der Waals surface area contributed by atoms with Crippen LogP contribution in [0, 0.1) is 6.92 Å². The molecule has 43 heavy (non-hydrogen) atoms. The number of H-pyrrole nitrogens is 1. The number of aromatic nitrogens is 3. The van der Waals surface area contributed by atoms with Gasteiger partial charge in [0.25, 0.3) is 0 Å². The second kappa shape index (κ2) is 13.5. The third-order valence-corrected chi connectivity index (χ3v) is 10.3. The molecule has 0 spiro atoms. The first kappa shape index (κ1) is 29.7. The molecule has 1 saturated heterocycles. The zero-order valence-corrected chi connectivity index (χ0v) is 25.9. The average molecular weight is 619 g/mol. The number of halogens is 1. The van der Waals surface area contributed by atoms with E-state index in [4.69, 9.17) is 4.74 Å². The van der Waals surface area contributed by atoms with Crippen molar-refractivity contribution in [3.63, 3.8) is 0 Å². The van der Waals surface area contributed by atoms with Crippen LogP contribution in [0.15, 0.2) is 91.5 Å². The fourth-order valence-corrected chi connectivity index (χ4v) is 7.80. The number of anilines is 2. The van der Waals surface area contributed by atoms with Gasteiger partial charge in [0, 0.05) is 75.6 Å². The molecule has 2 N–H and O–H groups in total. The highest BCUT2D eigenvalue weighted by Crippen LogP contribution is 2.52. The molecular weight excluding hydrogens is 584 g/mol. The van der Waals surface area contributed by atoms with Crippen molar-refractivity contribution in [1.29, 1.82) is 0 Å². The van der Waals surface area contributed by atoms with E-state index in [1.807, 2.05) is 31.1 Å². The Balaban J connectivity index is 1.20. The predicted molar refractivity (Wildman–Crippen MR) is 170 cm³/mol. The van der Waals surface area contributed by atoms with Crippen molar-refractivity contribution in [2.24, 2.45) is 0 Å². The molecule has 4 heterocycles. The smallest absolute Gasteiger partial charge is 0.249 e. The summed E-state index contributed by atoms with van der Waals surface area (Å²) in [7, 11) is 1.94. The molecule has 0 saturated carbocycles. The maximum Gasteiger partial charge on any atom is 0.249 e. The lowest BCUT2D eigenvalue weighted by Crippen LogP contribution is -2.39. The molecule has 0 radical (unpaired) electrons. The van der Waals surface area contributed by atoms with Crippen molar-refractivity contribution < 1.29 is 9.13 Å². The number of aromatic amines is 1. The van der Waals surface area contributed by atoms with Gasteiger partial charge in [0.2, 0.25) is 5.56 Å². The number of hydrogen-bond acceptors (Lipinski definition) is 9. The molecule has 11 heteroatoms. The summed E-state index contributed by atoms with van der Waals surface area (Å²) in [5, 5.41) is 3.68. The zero-order chi connectivity index (χ0) is 29.8. The SMILES string of the molecule is Cc1cnc(C(CCN(C)CCF)Nc2ccc3c(c2)Sc2cccc(C4CN(c5cc[nH]c(=O)c5)CCO4)c2S3)cn1. The van der Waals surface area contributed by atoms with Crippen LogP contribution in [0.1, 0.15) is 35.5 Å². The zero-order valence-electron chi connectivity index (χ0n) is 24.3. The number of nitrogens with zero attached hydrogens (tertiary/aromatic N) is 4. The van der Waals surface area contributed by atoms with E-state index in [-0.39, 0.29) is 24.4 Å². The molecule has 0 amide bonds. The minimum Gasteiger partial charge on any atom is -0.377 e. The van der Waals surface area contributed by atoms with Gasteiger partial charge in [0.1, 0.15) is 12.8 Å². The Labute approximate surface area is 259 Å². The summed E-state index contributed by atoms with van der Waals surface area (Å²) in [6.07, 6.45) is 5.99. The molecule has 1 fully saturated rings. The van der Waals surface area contributed by atoms with Crippen LogP contribution in [0.2, 0.25) is 0 Å². The van der Waals surface area contributed by atoms with Gasteiger partial charge in [0.05, 0.1) is 30.2 Å². The number of nitrogens with one attached hydrogen (secondary N) is 2. The maximum absolute atomic E-state index is 12.9. The van der Waals surface area contributed by atoms with E-state index in [1.165, 1.54) is 25.1 Å². The first-order valence-electron chi connectivity index (χ1n) is 14.4. The summed E-state index contributed by atoms with van der Waals surface area (Å²) in [5.41, 5.74) is 4.74. The number of morpholine rings is 1. The van der Waals surface area contributed by atoms with Gasteiger partial charge in [-0.2, -0.15) is 0 Å². The van der Waals surface area contributed by atoms with Gasteiger partial charge < -0.3 is 24.8 Å². The molecule has 4 aromatic rings. The van der Waals surface area contributed by atoms with E-state index in [1.54, 1.807) is 42.0 Å². The topological polar surface area (TPSA) is 86.4 Å². The van der Waals surface area contributed by atoms with Crippen molar-refractivity contribution in [1.82, 2.24) is 19.9 Å². The van der Waals surface area contributed by atoms with Crippen LogP contribution in [0.5, 0.6) is 0 Å². The normalized spacial score (nSPS) is 16.9. The Morgan fingerprint density at radius 3 is 2.84 bits per heavy atom. The van der Waals surface area contributed by atoms with Crippen molar-refractivity contribution in [3.8, 4) is 0 Å². The van der Waals surface area contributed by atoms with Gasteiger partial charge in [-0.25, -0.2) is 4.39 Å². The van der Waals surface area contributed by atoms with E-state index >= 15 is 0 Å². The van der Waals surface area contributed by atoms with E-state index in [0.717, 1.165) is 42.3 Å². The number of rotatable bonds is 10. The van der Waals surface area contributed by atoms with Crippen molar-refractivity contribution in [2.45, 2.75) is 45.1 Å². The van der Waals surface area contributed by atoms with Crippen molar-refractivity contribution in [3.05, 3.63) is 94.4 Å². The van der Waals surface area contributed by atoms with E-state index in [2.05, 4.69) is 61.6 Å². The lowest BCUT2D eigenvalue weighted by atomic mass is 10.1. The van der Waals surface area contributed by atoms with Gasteiger partial charge in [-0.05, 0) is 56.3 Å². The summed E-state index contributed by atoms with van der Waals surface area (Å²) in [4.78, 5) is 32.7. The van der Waals surface area contributed by atoms with Gasteiger partial charge in [0.15, 0.2) is 0 Å². The maximum atomic E-state index is 12.9. The molecule has 224 valence electrons. The molecule has 2 aliphatic heterocycles. The standard InChI is InChI=1S/C32H35FN6O2S2/c1-21-18-36-26(19-35-21)25(9-12-38(2)13-10-33)37-22-6-7-28-30(16-22)42-29-5-3-4-24(32(29)43-28)27-20-39(14-15-41-27)23-8-11-34-31(40)17-23/h3-8,11,16-19,25,27,37H,9-10,12-15,20H2,1-2H3,(H,34,40). The summed E-state index contributed by atoms with van der Waals surface area (Å²) < 4.78 is 19.1. The third-order valence-electron chi connectivity index (χ3n) is 7.69. The lowest BCUT2D eigenvalue weighted by molar-refractivity contribution is 0.0379. The Morgan fingerprint density at radius 1 is 1.12 bits per heavy atom.